The fourth-order valence-corrected chi connectivity index (χ4v) is 4.52. The fraction of sp³-hybridized carbons (Fsp3) is 0.231. The molecule has 0 saturated carbocycles. The number of carbonyl (C=O) groups excluding carboxylic acids is 1. The van der Waals surface area contributed by atoms with Crippen LogP contribution in [0.25, 0.3) is 11.3 Å². The number of aryl methyl sites for hydroxylation is 2. The monoisotopic (exact) mass is 657 g/mol. The third-order valence-corrected chi connectivity index (χ3v) is 6.58. The highest BCUT2D eigenvalue weighted by Crippen LogP contribution is 2.36. The lowest BCUT2D eigenvalue weighted by atomic mass is 10.1. The Morgan fingerprint density at radius 2 is 1.86 bits per heavy atom. The summed E-state index contributed by atoms with van der Waals surface area (Å²) < 4.78 is 81.0. The van der Waals surface area contributed by atoms with Gasteiger partial charge in [0.05, 0.1) is 30.0 Å². The van der Waals surface area contributed by atoms with Crippen molar-refractivity contribution >= 4 is 27.9 Å². The zero-order valence-electron chi connectivity index (χ0n) is 21.7. The molecular weight excluding hydrogens is 637 g/mol. The van der Waals surface area contributed by atoms with E-state index in [2.05, 4.69) is 26.0 Å². The molecule has 1 atom stereocenters. The first-order valence-electron chi connectivity index (χ1n) is 11.9. The average Bonchev–Trinajstić information content (AvgIpc) is 3.44. The van der Waals surface area contributed by atoms with Crippen LogP contribution in [-0.4, -0.2) is 43.3 Å². The van der Waals surface area contributed by atoms with E-state index in [-0.39, 0.29) is 28.4 Å². The van der Waals surface area contributed by atoms with Gasteiger partial charge in [0.1, 0.15) is 17.1 Å². The molecule has 10 nitrogen and oxygen atoms in total. The van der Waals surface area contributed by atoms with Crippen LogP contribution in [0.1, 0.15) is 39.3 Å². The molecule has 0 radical (unpaired) electrons. The molecule has 0 fully saturated rings. The number of hydrogen-bond donors (Lipinski definition) is 2. The number of aromatic nitrogens is 3. The van der Waals surface area contributed by atoms with Gasteiger partial charge in [0.2, 0.25) is 5.89 Å². The Hall–Kier alpha value is -4.47. The molecule has 2 heterocycles. The number of nitrogens with two attached hydrogens (primary N) is 1. The van der Waals surface area contributed by atoms with Crippen molar-refractivity contribution in [3.05, 3.63) is 87.2 Å². The third kappa shape index (κ3) is 6.53. The summed E-state index contributed by atoms with van der Waals surface area (Å²) in [5, 5.41) is 14.1. The molecular formula is C26H21BrF5N5O5. The molecule has 4 rings (SSSR count). The summed E-state index contributed by atoms with van der Waals surface area (Å²) in [5.41, 5.74) is 4.48. The van der Waals surface area contributed by atoms with E-state index in [1.54, 1.807) is 20.0 Å². The first-order valence-corrected chi connectivity index (χ1v) is 12.7. The Balaban J connectivity index is 1.75. The second kappa shape index (κ2) is 11.8. The fourth-order valence-electron chi connectivity index (χ4n) is 4.04. The number of carbonyl (C=O) groups is 2. The number of ether oxygens (including phenoxy) is 1. The van der Waals surface area contributed by atoms with Crippen molar-refractivity contribution in [3.8, 4) is 17.0 Å². The normalized spacial score (nSPS) is 12.3. The molecule has 0 spiro atoms. The van der Waals surface area contributed by atoms with Crippen molar-refractivity contribution in [2.75, 3.05) is 6.54 Å². The molecule has 0 saturated heterocycles. The number of hydrogen-bond acceptors (Lipinski definition) is 6. The summed E-state index contributed by atoms with van der Waals surface area (Å²) in [4.78, 5) is 29.0. The number of halogens is 6. The van der Waals surface area contributed by atoms with E-state index < -0.39 is 59.3 Å². The van der Waals surface area contributed by atoms with Crippen LogP contribution < -0.4 is 10.5 Å². The van der Waals surface area contributed by atoms with E-state index in [0.29, 0.717) is 11.4 Å². The van der Waals surface area contributed by atoms with Gasteiger partial charge in [-0.1, -0.05) is 12.1 Å². The predicted octanol–water partition coefficient (Wildman–Crippen LogP) is 5.84. The third-order valence-electron chi connectivity index (χ3n) is 6.04. The van der Waals surface area contributed by atoms with Crippen LogP contribution in [-0.2, 0) is 19.8 Å². The van der Waals surface area contributed by atoms with E-state index >= 15 is 4.39 Å². The Kier molecular flexibility index (Phi) is 8.56. The average molecular weight is 658 g/mol. The molecule has 16 heteroatoms. The molecule has 2 aromatic heterocycles. The predicted molar refractivity (Wildman–Crippen MR) is 139 cm³/mol. The Morgan fingerprint density at radius 1 is 1.19 bits per heavy atom. The lowest BCUT2D eigenvalue weighted by molar-refractivity contribution is -0.137. The van der Waals surface area contributed by atoms with Crippen molar-refractivity contribution in [2.24, 2.45) is 12.8 Å². The quantitative estimate of drug-likeness (QED) is 0.216. The van der Waals surface area contributed by atoms with Gasteiger partial charge in [-0.05, 0) is 53.2 Å². The number of rotatable bonds is 9. The van der Waals surface area contributed by atoms with Crippen LogP contribution in [0.5, 0.6) is 5.75 Å². The van der Waals surface area contributed by atoms with Crippen molar-refractivity contribution in [3.63, 3.8) is 0 Å². The molecule has 42 heavy (non-hydrogen) atoms. The summed E-state index contributed by atoms with van der Waals surface area (Å²) in [6.45, 7) is 0.988. The molecule has 222 valence electrons. The lowest BCUT2D eigenvalue weighted by Crippen LogP contribution is -2.35. The van der Waals surface area contributed by atoms with Crippen LogP contribution in [0.3, 0.4) is 0 Å². The van der Waals surface area contributed by atoms with Gasteiger partial charge in [0.15, 0.2) is 22.3 Å². The minimum Gasteiger partial charge on any atom is -0.476 e. The summed E-state index contributed by atoms with van der Waals surface area (Å²) in [6.07, 6.45) is -7.48. The molecule has 3 N–H and O–H groups in total. The minimum atomic E-state index is -4.57. The summed E-state index contributed by atoms with van der Waals surface area (Å²) in [6, 6.07) is 7.23. The molecule has 0 aliphatic heterocycles. The Morgan fingerprint density at radius 3 is 2.40 bits per heavy atom. The lowest BCUT2D eigenvalue weighted by Gasteiger charge is -2.24. The molecule has 2 aromatic carbocycles. The minimum absolute atomic E-state index is 0.0360. The maximum Gasteiger partial charge on any atom is 0.416 e. The van der Waals surface area contributed by atoms with E-state index in [1.165, 1.54) is 4.68 Å². The van der Waals surface area contributed by atoms with Gasteiger partial charge < -0.3 is 20.0 Å². The molecule has 0 aliphatic carbocycles. The van der Waals surface area contributed by atoms with E-state index in [4.69, 9.17) is 14.9 Å². The number of benzene rings is 2. The number of amides is 2. The molecule has 0 aliphatic rings. The van der Waals surface area contributed by atoms with Crippen LogP contribution in [0.15, 0.2) is 51.6 Å². The number of primary amides is 1. The highest BCUT2D eigenvalue weighted by molar-refractivity contribution is 9.10. The summed E-state index contributed by atoms with van der Waals surface area (Å²) in [5.74, 6) is -5.07. The SMILES string of the molecule is Cc1cc(CN(CC(Oc2ccc(F)c(C(N)=O)c2F)c2nc(-c3ccc(C(F)(F)F)cc3)c(Br)o2)C(=O)O)n(C)n1. The number of oxazole rings is 1. The van der Waals surface area contributed by atoms with Gasteiger partial charge in [-0.3, -0.25) is 14.4 Å². The summed E-state index contributed by atoms with van der Waals surface area (Å²) in [7, 11) is 1.61. The number of alkyl halides is 3. The Bertz CT molecular complexity index is 1640. The van der Waals surface area contributed by atoms with Gasteiger partial charge in [0.25, 0.3) is 5.91 Å². The summed E-state index contributed by atoms with van der Waals surface area (Å²) >= 11 is 3.15. The maximum atomic E-state index is 15.1. The highest BCUT2D eigenvalue weighted by Gasteiger charge is 2.32. The second-order valence-corrected chi connectivity index (χ2v) is 9.74. The van der Waals surface area contributed by atoms with E-state index in [1.807, 2.05) is 0 Å². The number of nitrogens with zero attached hydrogens (tertiary/aromatic N) is 4. The largest absolute Gasteiger partial charge is 0.476 e. The standard InChI is InChI=1S/C26H21BrF5N5O5/c1-12-9-15(36(2)35-12)10-37(25(39)40)11-18(41-17-8-7-16(28)19(20(17)29)23(33)38)24-34-21(22(27)42-24)13-3-5-14(6-4-13)26(30,31)32/h3-9,18H,10-11H2,1-2H3,(H2,33,38)(H,39,40). The van der Waals surface area contributed by atoms with Crippen LogP contribution >= 0.6 is 15.9 Å². The zero-order valence-corrected chi connectivity index (χ0v) is 23.3. The van der Waals surface area contributed by atoms with E-state index in [9.17, 15) is 32.3 Å². The smallest absolute Gasteiger partial charge is 0.416 e. The van der Waals surface area contributed by atoms with Gasteiger partial charge in [0, 0.05) is 12.6 Å². The molecule has 4 aromatic rings. The van der Waals surface area contributed by atoms with Gasteiger partial charge in [-0.15, -0.1) is 0 Å². The van der Waals surface area contributed by atoms with Crippen molar-refractivity contribution in [1.82, 2.24) is 19.7 Å². The number of carboxylic acid groups (broad SMARTS) is 1. The zero-order chi connectivity index (χ0) is 30.9. The first kappa shape index (κ1) is 30.5. The van der Waals surface area contributed by atoms with Crippen molar-refractivity contribution in [2.45, 2.75) is 25.7 Å². The molecule has 1 unspecified atom stereocenters. The van der Waals surface area contributed by atoms with Crippen molar-refractivity contribution in [1.29, 1.82) is 0 Å². The maximum absolute atomic E-state index is 15.1. The van der Waals surface area contributed by atoms with E-state index in [0.717, 1.165) is 41.3 Å². The molecule has 2 amide bonds. The Labute approximate surface area is 242 Å². The topological polar surface area (TPSA) is 137 Å². The van der Waals surface area contributed by atoms with Gasteiger partial charge in [-0.2, -0.15) is 18.3 Å². The van der Waals surface area contributed by atoms with Gasteiger partial charge in [-0.25, -0.2) is 18.6 Å². The molecule has 0 bridgehead atoms. The van der Waals surface area contributed by atoms with Crippen LogP contribution in [0, 0.1) is 18.6 Å². The van der Waals surface area contributed by atoms with Crippen LogP contribution in [0.2, 0.25) is 0 Å². The highest BCUT2D eigenvalue weighted by atomic mass is 79.9. The van der Waals surface area contributed by atoms with Crippen LogP contribution in [0.4, 0.5) is 26.7 Å². The second-order valence-electron chi connectivity index (χ2n) is 9.02. The van der Waals surface area contributed by atoms with Gasteiger partial charge >= 0.3 is 12.3 Å². The first-order chi connectivity index (χ1) is 19.6. The van der Waals surface area contributed by atoms with Crippen molar-refractivity contribution < 1.29 is 45.8 Å².